The minimum absolute atomic E-state index is 0.243. The van der Waals surface area contributed by atoms with Crippen LogP contribution in [0.5, 0.6) is 0 Å². The Kier molecular flexibility index (Phi) is 6.67. The van der Waals surface area contributed by atoms with E-state index >= 15 is 0 Å². The van der Waals surface area contributed by atoms with Crippen molar-refractivity contribution in [3.63, 3.8) is 0 Å². The zero-order valence-electron chi connectivity index (χ0n) is 14.3. The van der Waals surface area contributed by atoms with E-state index in [0.29, 0.717) is 0 Å². The Morgan fingerprint density at radius 2 is 1.77 bits per heavy atom. The van der Waals surface area contributed by atoms with Gasteiger partial charge in [-0.05, 0) is 12.1 Å². The van der Waals surface area contributed by atoms with Crippen molar-refractivity contribution in [2.45, 2.75) is 44.5 Å². The lowest BCUT2D eigenvalue weighted by Crippen LogP contribution is -2.66. The van der Waals surface area contributed by atoms with Crippen LogP contribution in [0.15, 0.2) is 30.3 Å². The summed E-state index contributed by atoms with van der Waals surface area (Å²) in [6.07, 6.45) is -5.19. The van der Waals surface area contributed by atoms with Crippen LogP contribution in [0.4, 0.5) is 0 Å². The normalized spacial score (nSPS) is 28.1. The van der Waals surface area contributed by atoms with Crippen LogP contribution in [-0.4, -0.2) is 65.3 Å². The highest BCUT2D eigenvalue weighted by atomic mass is 16.7. The SMILES string of the molecule is CC(=O)N[C@H]1C(O)O[C@H](CO)[C@@H](OC(=O)c2ccccc2)[C@@H]1OC(C)=O. The molecular weight excluding hydrogens is 346 g/mol. The molecule has 1 aliphatic rings. The topological polar surface area (TPSA) is 131 Å². The van der Waals surface area contributed by atoms with E-state index in [1.807, 2.05) is 0 Å². The van der Waals surface area contributed by atoms with Gasteiger partial charge in [-0.2, -0.15) is 0 Å². The zero-order chi connectivity index (χ0) is 19.3. The van der Waals surface area contributed by atoms with Crippen LogP contribution in [0.25, 0.3) is 0 Å². The van der Waals surface area contributed by atoms with Gasteiger partial charge in [-0.15, -0.1) is 0 Å². The Morgan fingerprint density at radius 3 is 2.31 bits per heavy atom. The number of benzene rings is 1. The Morgan fingerprint density at radius 1 is 1.12 bits per heavy atom. The van der Waals surface area contributed by atoms with Crippen LogP contribution in [0, 0.1) is 0 Å². The van der Waals surface area contributed by atoms with Gasteiger partial charge in [0.05, 0.1) is 12.2 Å². The fourth-order valence-electron chi connectivity index (χ4n) is 2.70. The van der Waals surface area contributed by atoms with Gasteiger partial charge in [0.2, 0.25) is 5.91 Å². The monoisotopic (exact) mass is 367 g/mol. The quantitative estimate of drug-likeness (QED) is 0.586. The molecule has 2 rings (SSSR count). The summed E-state index contributed by atoms with van der Waals surface area (Å²) in [5.41, 5.74) is 0.243. The predicted octanol–water partition coefficient (Wildman–Crippen LogP) is -0.642. The van der Waals surface area contributed by atoms with E-state index in [4.69, 9.17) is 14.2 Å². The number of aliphatic hydroxyl groups excluding tert-OH is 2. The Bertz CT molecular complexity index is 649. The van der Waals surface area contributed by atoms with Crippen LogP contribution >= 0.6 is 0 Å². The minimum Gasteiger partial charge on any atom is -0.456 e. The molecule has 0 aliphatic carbocycles. The maximum atomic E-state index is 12.4. The second kappa shape index (κ2) is 8.75. The lowest BCUT2D eigenvalue weighted by Gasteiger charge is -2.43. The standard InChI is InChI=1S/C17H21NO8/c1-9(20)18-13-15(24-10(2)21)14(12(8-19)25-17(13)23)26-16(22)11-6-4-3-5-7-11/h3-7,12-15,17,19,23H,8H2,1-2H3,(H,18,20)/t12-,13-,14-,15-,17?/m1/s1. The molecule has 0 spiro atoms. The van der Waals surface area contributed by atoms with Crippen LogP contribution in [0.3, 0.4) is 0 Å². The van der Waals surface area contributed by atoms with Crippen molar-refractivity contribution in [3.05, 3.63) is 35.9 Å². The maximum absolute atomic E-state index is 12.4. The highest BCUT2D eigenvalue weighted by Gasteiger charge is 2.49. The van der Waals surface area contributed by atoms with Crippen molar-refractivity contribution in [3.8, 4) is 0 Å². The third kappa shape index (κ3) is 4.78. The molecule has 1 aliphatic heterocycles. The molecule has 1 aromatic carbocycles. The largest absolute Gasteiger partial charge is 0.456 e. The average Bonchev–Trinajstić information content (AvgIpc) is 2.60. The molecular formula is C17H21NO8. The highest BCUT2D eigenvalue weighted by molar-refractivity contribution is 5.89. The van der Waals surface area contributed by atoms with Crippen molar-refractivity contribution < 1.29 is 38.8 Å². The van der Waals surface area contributed by atoms with Gasteiger partial charge in [0.15, 0.2) is 18.5 Å². The molecule has 3 N–H and O–H groups in total. The van der Waals surface area contributed by atoms with Crippen LogP contribution < -0.4 is 5.32 Å². The van der Waals surface area contributed by atoms with Gasteiger partial charge in [0.1, 0.15) is 12.1 Å². The second-order valence-electron chi connectivity index (χ2n) is 5.78. The summed E-state index contributed by atoms with van der Waals surface area (Å²) in [5.74, 6) is -1.95. The number of hydrogen-bond donors (Lipinski definition) is 3. The Labute approximate surface area is 149 Å². The van der Waals surface area contributed by atoms with Crippen molar-refractivity contribution in [2.75, 3.05) is 6.61 Å². The summed E-state index contributed by atoms with van der Waals surface area (Å²) in [7, 11) is 0. The van der Waals surface area contributed by atoms with Crippen molar-refractivity contribution >= 4 is 17.8 Å². The fraction of sp³-hybridized carbons (Fsp3) is 0.471. The van der Waals surface area contributed by atoms with E-state index < -0.39 is 55.1 Å². The van der Waals surface area contributed by atoms with Crippen molar-refractivity contribution in [1.82, 2.24) is 5.32 Å². The van der Waals surface area contributed by atoms with E-state index in [-0.39, 0.29) is 5.56 Å². The number of aliphatic hydroxyl groups is 2. The molecule has 26 heavy (non-hydrogen) atoms. The number of hydrogen-bond acceptors (Lipinski definition) is 8. The number of rotatable bonds is 5. The molecule has 9 heteroatoms. The summed E-state index contributed by atoms with van der Waals surface area (Å²) < 4.78 is 15.8. The van der Waals surface area contributed by atoms with E-state index in [2.05, 4.69) is 5.32 Å². The average molecular weight is 367 g/mol. The molecule has 1 heterocycles. The number of carbonyl (C=O) groups excluding carboxylic acids is 3. The summed E-state index contributed by atoms with van der Waals surface area (Å²) in [5, 5.41) is 22.0. The molecule has 0 saturated carbocycles. The van der Waals surface area contributed by atoms with Gasteiger partial charge >= 0.3 is 11.9 Å². The van der Waals surface area contributed by atoms with Crippen LogP contribution in [0.1, 0.15) is 24.2 Å². The van der Waals surface area contributed by atoms with Gasteiger partial charge in [0.25, 0.3) is 0 Å². The molecule has 0 aromatic heterocycles. The second-order valence-corrected chi connectivity index (χ2v) is 5.78. The number of esters is 2. The molecule has 1 fully saturated rings. The lowest BCUT2D eigenvalue weighted by atomic mass is 9.96. The third-order valence-electron chi connectivity index (χ3n) is 3.77. The highest BCUT2D eigenvalue weighted by Crippen LogP contribution is 2.26. The van der Waals surface area contributed by atoms with Crippen molar-refractivity contribution in [1.29, 1.82) is 0 Å². The summed E-state index contributed by atoms with van der Waals surface area (Å²) in [6, 6.07) is 6.90. The summed E-state index contributed by atoms with van der Waals surface area (Å²) in [4.78, 5) is 35.3. The van der Waals surface area contributed by atoms with E-state index in [1.54, 1.807) is 18.2 Å². The first kappa shape index (κ1) is 19.8. The number of amides is 1. The first-order valence-electron chi connectivity index (χ1n) is 7.98. The molecule has 1 unspecified atom stereocenters. The summed E-state index contributed by atoms with van der Waals surface area (Å²) >= 11 is 0. The molecule has 1 saturated heterocycles. The minimum atomic E-state index is -1.56. The van der Waals surface area contributed by atoms with Gasteiger partial charge < -0.3 is 29.7 Å². The maximum Gasteiger partial charge on any atom is 0.338 e. The van der Waals surface area contributed by atoms with Gasteiger partial charge in [-0.3, -0.25) is 9.59 Å². The first-order valence-corrected chi connectivity index (χ1v) is 7.98. The third-order valence-corrected chi connectivity index (χ3v) is 3.77. The zero-order valence-corrected chi connectivity index (χ0v) is 14.3. The Balaban J connectivity index is 2.30. The van der Waals surface area contributed by atoms with Crippen molar-refractivity contribution in [2.24, 2.45) is 0 Å². The molecule has 5 atom stereocenters. The molecule has 1 amide bonds. The first-order chi connectivity index (χ1) is 12.3. The van der Waals surface area contributed by atoms with Gasteiger partial charge in [-0.25, -0.2) is 4.79 Å². The van der Waals surface area contributed by atoms with Crippen LogP contribution in [0.2, 0.25) is 0 Å². The molecule has 1 aromatic rings. The number of nitrogens with one attached hydrogen (secondary N) is 1. The summed E-state index contributed by atoms with van der Waals surface area (Å²) in [6.45, 7) is 1.74. The van der Waals surface area contributed by atoms with Crippen LogP contribution in [-0.2, 0) is 23.8 Å². The van der Waals surface area contributed by atoms with E-state index in [0.717, 1.165) is 6.92 Å². The van der Waals surface area contributed by atoms with E-state index in [9.17, 15) is 24.6 Å². The van der Waals surface area contributed by atoms with Gasteiger partial charge in [0, 0.05) is 13.8 Å². The molecule has 142 valence electrons. The number of carbonyl (C=O) groups is 3. The smallest absolute Gasteiger partial charge is 0.338 e. The lowest BCUT2D eigenvalue weighted by molar-refractivity contribution is -0.257. The molecule has 0 radical (unpaired) electrons. The number of ether oxygens (including phenoxy) is 3. The van der Waals surface area contributed by atoms with Gasteiger partial charge in [-0.1, -0.05) is 18.2 Å². The molecule has 0 bridgehead atoms. The predicted molar refractivity (Wildman–Crippen MR) is 86.8 cm³/mol. The Hall–Kier alpha value is -2.49. The fourth-order valence-corrected chi connectivity index (χ4v) is 2.70. The van der Waals surface area contributed by atoms with E-state index in [1.165, 1.54) is 19.1 Å². The molecule has 9 nitrogen and oxygen atoms in total.